The molecule has 2 aromatic rings. The van der Waals surface area contributed by atoms with Gasteiger partial charge in [0, 0.05) is 41.9 Å². The van der Waals surface area contributed by atoms with Crippen molar-refractivity contribution in [1.29, 1.82) is 0 Å². The van der Waals surface area contributed by atoms with E-state index in [1.54, 1.807) is 11.8 Å². The first kappa shape index (κ1) is 13.9. The molecule has 2 aliphatic rings. The molecular formula is C17H19N3OS. The van der Waals surface area contributed by atoms with Gasteiger partial charge in [0.25, 0.3) is 5.91 Å². The standard InChI is InChI=1S/C17H19N3OS/c1-11-5-6-14-12(9-11)16-13(10-22-14)15(18-19(16)2)17(21)20-7-3-4-8-20/h5-6,9H,3-4,7-8,10H2,1-2H3. The summed E-state index contributed by atoms with van der Waals surface area (Å²) in [6.07, 6.45) is 2.22. The summed E-state index contributed by atoms with van der Waals surface area (Å²) in [5.74, 6) is 0.930. The molecule has 5 heteroatoms. The molecule has 1 aromatic heterocycles. The van der Waals surface area contributed by atoms with Crippen molar-refractivity contribution < 1.29 is 4.79 Å². The van der Waals surface area contributed by atoms with Gasteiger partial charge in [0.15, 0.2) is 5.69 Å². The number of benzene rings is 1. The minimum Gasteiger partial charge on any atom is -0.337 e. The van der Waals surface area contributed by atoms with Crippen molar-refractivity contribution in [2.24, 2.45) is 7.05 Å². The Labute approximate surface area is 134 Å². The maximum Gasteiger partial charge on any atom is 0.274 e. The van der Waals surface area contributed by atoms with E-state index >= 15 is 0 Å². The van der Waals surface area contributed by atoms with E-state index in [2.05, 4.69) is 30.2 Å². The number of fused-ring (bicyclic) bond motifs is 3. The minimum atomic E-state index is 0.103. The van der Waals surface area contributed by atoms with Crippen molar-refractivity contribution in [3.8, 4) is 11.3 Å². The summed E-state index contributed by atoms with van der Waals surface area (Å²) in [7, 11) is 1.95. The molecule has 4 rings (SSSR count). The summed E-state index contributed by atoms with van der Waals surface area (Å²) < 4.78 is 1.89. The topological polar surface area (TPSA) is 38.1 Å². The maximum absolute atomic E-state index is 12.8. The molecule has 0 atom stereocenters. The molecule has 1 saturated heterocycles. The Bertz CT molecular complexity index is 760. The Kier molecular flexibility index (Phi) is 3.26. The molecule has 4 nitrogen and oxygen atoms in total. The van der Waals surface area contributed by atoms with Crippen LogP contribution >= 0.6 is 11.8 Å². The number of amides is 1. The van der Waals surface area contributed by atoms with Crippen molar-refractivity contribution in [2.75, 3.05) is 13.1 Å². The predicted octanol–water partition coefficient (Wildman–Crippen LogP) is 3.24. The van der Waals surface area contributed by atoms with Gasteiger partial charge >= 0.3 is 0 Å². The molecular weight excluding hydrogens is 294 g/mol. The second kappa shape index (κ2) is 5.16. The average molecular weight is 313 g/mol. The molecule has 1 fully saturated rings. The molecule has 3 heterocycles. The summed E-state index contributed by atoms with van der Waals surface area (Å²) >= 11 is 1.80. The largest absolute Gasteiger partial charge is 0.337 e. The van der Waals surface area contributed by atoms with Gasteiger partial charge in [-0.05, 0) is 31.9 Å². The Morgan fingerprint density at radius 2 is 2.05 bits per heavy atom. The monoisotopic (exact) mass is 313 g/mol. The molecule has 0 bridgehead atoms. The molecule has 22 heavy (non-hydrogen) atoms. The first-order chi connectivity index (χ1) is 10.6. The molecule has 1 aromatic carbocycles. The van der Waals surface area contributed by atoms with Gasteiger partial charge in [-0.1, -0.05) is 11.6 Å². The van der Waals surface area contributed by atoms with Crippen LogP contribution in [0.4, 0.5) is 0 Å². The SMILES string of the molecule is Cc1ccc2c(c1)-c1c(c(C(=O)N3CCCC3)nn1C)CS2. The molecule has 0 aliphatic carbocycles. The highest BCUT2D eigenvalue weighted by atomic mass is 32.2. The molecule has 2 aliphatic heterocycles. The molecule has 1 amide bonds. The lowest BCUT2D eigenvalue weighted by atomic mass is 10.0. The van der Waals surface area contributed by atoms with Crippen LogP contribution in [0.25, 0.3) is 11.3 Å². The zero-order valence-corrected chi connectivity index (χ0v) is 13.7. The van der Waals surface area contributed by atoms with E-state index in [4.69, 9.17) is 0 Å². The molecule has 0 spiro atoms. The van der Waals surface area contributed by atoms with E-state index in [9.17, 15) is 4.79 Å². The van der Waals surface area contributed by atoms with Crippen LogP contribution in [0.2, 0.25) is 0 Å². The number of rotatable bonds is 1. The van der Waals surface area contributed by atoms with Crippen LogP contribution in [-0.2, 0) is 12.8 Å². The molecule has 0 radical (unpaired) electrons. The Morgan fingerprint density at radius 3 is 2.82 bits per heavy atom. The van der Waals surface area contributed by atoms with Crippen molar-refractivity contribution in [3.05, 3.63) is 35.0 Å². The fraction of sp³-hybridized carbons (Fsp3) is 0.412. The van der Waals surface area contributed by atoms with Gasteiger partial charge in [0.05, 0.1) is 5.69 Å². The first-order valence-electron chi connectivity index (χ1n) is 7.74. The van der Waals surface area contributed by atoms with Gasteiger partial charge in [0.1, 0.15) is 0 Å². The average Bonchev–Trinajstić information content (AvgIpc) is 3.14. The van der Waals surface area contributed by atoms with Crippen molar-refractivity contribution >= 4 is 17.7 Å². The lowest BCUT2D eigenvalue weighted by Gasteiger charge is -2.19. The van der Waals surface area contributed by atoms with Crippen molar-refractivity contribution in [1.82, 2.24) is 14.7 Å². The van der Waals surface area contributed by atoms with Gasteiger partial charge in [-0.15, -0.1) is 11.8 Å². The van der Waals surface area contributed by atoms with Crippen LogP contribution in [0.3, 0.4) is 0 Å². The highest BCUT2D eigenvalue weighted by molar-refractivity contribution is 7.98. The van der Waals surface area contributed by atoms with Gasteiger partial charge in [-0.25, -0.2) is 0 Å². The quantitative estimate of drug-likeness (QED) is 0.811. The molecule has 0 saturated carbocycles. The Morgan fingerprint density at radius 1 is 1.27 bits per heavy atom. The molecule has 0 N–H and O–H groups in total. The van der Waals surface area contributed by atoms with Gasteiger partial charge in [-0.3, -0.25) is 9.48 Å². The Hall–Kier alpha value is -1.75. The Balaban J connectivity index is 1.82. The normalized spacial score (nSPS) is 16.5. The van der Waals surface area contributed by atoms with Crippen LogP contribution in [0.1, 0.15) is 34.5 Å². The second-order valence-corrected chi connectivity index (χ2v) is 7.10. The van der Waals surface area contributed by atoms with E-state index < -0.39 is 0 Å². The molecule has 114 valence electrons. The number of aryl methyl sites for hydroxylation is 2. The van der Waals surface area contributed by atoms with Gasteiger partial charge < -0.3 is 4.90 Å². The fourth-order valence-corrected chi connectivity index (χ4v) is 4.44. The number of likely N-dealkylation sites (tertiary alicyclic amines) is 1. The highest BCUT2D eigenvalue weighted by Crippen LogP contribution is 2.43. The second-order valence-electron chi connectivity index (χ2n) is 6.09. The smallest absolute Gasteiger partial charge is 0.274 e. The third-order valence-corrected chi connectivity index (χ3v) is 5.60. The summed E-state index contributed by atoms with van der Waals surface area (Å²) in [6.45, 7) is 3.84. The highest BCUT2D eigenvalue weighted by Gasteiger charge is 2.30. The minimum absolute atomic E-state index is 0.103. The summed E-state index contributed by atoms with van der Waals surface area (Å²) in [4.78, 5) is 16.0. The number of hydrogen-bond acceptors (Lipinski definition) is 3. The van der Waals surface area contributed by atoms with Crippen LogP contribution in [0.5, 0.6) is 0 Å². The van der Waals surface area contributed by atoms with Crippen LogP contribution in [0.15, 0.2) is 23.1 Å². The lowest BCUT2D eigenvalue weighted by molar-refractivity contribution is 0.0785. The first-order valence-corrected chi connectivity index (χ1v) is 8.72. The summed E-state index contributed by atoms with van der Waals surface area (Å²) in [5, 5.41) is 4.58. The van der Waals surface area contributed by atoms with Crippen molar-refractivity contribution in [3.63, 3.8) is 0 Å². The molecule has 0 unspecified atom stereocenters. The van der Waals surface area contributed by atoms with Gasteiger partial charge in [0.2, 0.25) is 0 Å². The number of aromatic nitrogens is 2. The van der Waals surface area contributed by atoms with Crippen LogP contribution in [0, 0.1) is 6.92 Å². The third-order valence-electron chi connectivity index (χ3n) is 4.50. The number of hydrogen-bond donors (Lipinski definition) is 0. The van der Waals surface area contributed by atoms with Crippen LogP contribution in [-0.4, -0.2) is 33.7 Å². The zero-order chi connectivity index (χ0) is 15.3. The van der Waals surface area contributed by atoms with E-state index in [-0.39, 0.29) is 5.91 Å². The zero-order valence-electron chi connectivity index (χ0n) is 12.9. The van der Waals surface area contributed by atoms with Crippen molar-refractivity contribution in [2.45, 2.75) is 30.4 Å². The lowest BCUT2D eigenvalue weighted by Crippen LogP contribution is -2.28. The van der Waals surface area contributed by atoms with E-state index in [0.717, 1.165) is 42.9 Å². The van der Waals surface area contributed by atoms with E-state index in [1.807, 2.05) is 16.6 Å². The summed E-state index contributed by atoms with van der Waals surface area (Å²) in [5.41, 5.74) is 5.31. The van der Waals surface area contributed by atoms with Gasteiger partial charge in [-0.2, -0.15) is 5.10 Å². The number of thioether (sulfide) groups is 1. The predicted molar refractivity (Wildman–Crippen MR) is 88.1 cm³/mol. The maximum atomic E-state index is 12.8. The van der Waals surface area contributed by atoms with E-state index in [0.29, 0.717) is 5.69 Å². The number of carbonyl (C=O) groups excluding carboxylic acids is 1. The summed E-state index contributed by atoms with van der Waals surface area (Å²) in [6, 6.07) is 6.52. The van der Waals surface area contributed by atoms with Crippen LogP contribution < -0.4 is 0 Å². The third kappa shape index (κ3) is 2.07. The van der Waals surface area contributed by atoms with E-state index in [1.165, 1.54) is 16.0 Å². The number of nitrogens with zero attached hydrogens (tertiary/aromatic N) is 3. The number of carbonyl (C=O) groups is 1. The fourth-order valence-electron chi connectivity index (χ4n) is 3.39.